The van der Waals surface area contributed by atoms with E-state index in [1.165, 1.54) is 13.8 Å². The smallest absolute Gasteiger partial charge is 0.190 e. The molecule has 2 N–H and O–H groups in total. The predicted octanol–water partition coefficient (Wildman–Crippen LogP) is 1.58. The van der Waals surface area contributed by atoms with Crippen LogP contribution in [0.4, 0.5) is 8.78 Å². The van der Waals surface area contributed by atoms with Crippen molar-refractivity contribution >= 4 is 39.1 Å². The third kappa shape index (κ3) is 2.19. The molecule has 164 valence electrons. The minimum atomic E-state index is -2.76. The van der Waals surface area contributed by atoms with Gasteiger partial charge in [-0.25, -0.2) is 8.78 Å². The predicted molar refractivity (Wildman–Crippen MR) is 103 cm³/mol. The summed E-state index contributed by atoms with van der Waals surface area (Å²) in [5.74, 6) is -5.42. The van der Waals surface area contributed by atoms with Crippen LogP contribution in [-0.4, -0.2) is 62.2 Å². The van der Waals surface area contributed by atoms with Crippen LogP contribution in [0, 0.1) is 22.7 Å². The van der Waals surface area contributed by atoms with Gasteiger partial charge in [0.25, 0.3) is 0 Å². The minimum Gasteiger partial charge on any atom is -0.388 e. The van der Waals surface area contributed by atoms with Gasteiger partial charge in [-0.05, 0) is 43.8 Å². The summed E-state index contributed by atoms with van der Waals surface area (Å²) in [5, 5.41) is 20.4. The molecule has 3 fully saturated rings. The maximum atomic E-state index is 16.9. The fourth-order valence-electron chi connectivity index (χ4n) is 6.75. The largest absolute Gasteiger partial charge is 0.388 e. The number of halogens is 3. The zero-order valence-electron chi connectivity index (χ0n) is 16.6. The molecule has 6 nitrogen and oxygen atoms in total. The molecule has 0 radical (unpaired) electrons. The molecule has 0 bridgehead atoms. The Balaban J connectivity index is 1.90. The Kier molecular flexibility index (Phi) is 4.64. The second-order valence-electron chi connectivity index (χ2n) is 9.48. The van der Waals surface area contributed by atoms with Crippen LogP contribution in [0.1, 0.15) is 39.5 Å². The summed E-state index contributed by atoms with van der Waals surface area (Å²) in [4.78, 5) is 49.5. The van der Waals surface area contributed by atoms with Gasteiger partial charge in [0.2, 0.25) is 0 Å². The first-order chi connectivity index (χ1) is 13.8. The second-order valence-corrected chi connectivity index (χ2v) is 10.4. The first kappa shape index (κ1) is 21.9. The Morgan fingerprint density at radius 1 is 1.27 bits per heavy atom. The average Bonchev–Trinajstić information content (AvgIpc) is 2.96. The molecule has 0 aromatic heterocycles. The maximum absolute atomic E-state index is 16.9. The van der Waals surface area contributed by atoms with E-state index in [1.807, 2.05) is 0 Å². The highest BCUT2D eigenvalue weighted by atomic mass is 79.9. The number of aliphatic hydroxyl groups excluding tert-OH is 1. The van der Waals surface area contributed by atoms with Crippen molar-refractivity contribution in [1.29, 1.82) is 0 Å². The van der Waals surface area contributed by atoms with E-state index in [4.69, 9.17) is 0 Å². The summed E-state index contributed by atoms with van der Waals surface area (Å²) >= 11 is 2.95. The number of carbonyl (C=O) groups excluding carboxylic acids is 4. The number of alkyl halides is 3. The zero-order chi connectivity index (χ0) is 22.4. The highest BCUT2D eigenvalue weighted by molar-refractivity contribution is 9.10. The van der Waals surface area contributed by atoms with Crippen molar-refractivity contribution < 1.29 is 38.2 Å². The number of allylic oxidation sites excluding steroid dienone is 1. The Morgan fingerprint density at radius 3 is 2.50 bits per heavy atom. The Bertz CT molecular complexity index is 919. The number of rotatable bonds is 2. The van der Waals surface area contributed by atoms with E-state index < -0.39 is 87.5 Å². The topological polar surface area (TPSA) is 109 Å². The van der Waals surface area contributed by atoms with Crippen molar-refractivity contribution in [3.05, 3.63) is 11.6 Å². The molecule has 8 atom stereocenters. The van der Waals surface area contributed by atoms with Crippen molar-refractivity contribution in [1.82, 2.24) is 0 Å². The third-order valence-electron chi connectivity index (χ3n) is 8.49. The quantitative estimate of drug-likeness (QED) is 0.451. The number of hydrogen-bond donors (Lipinski definition) is 2. The number of carbonyl (C=O) groups is 4. The van der Waals surface area contributed by atoms with Crippen molar-refractivity contribution in [3.63, 3.8) is 0 Å². The van der Waals surface area contributed by atoms with E-state index in [1.54, 1.807) is 0 Å². The van der Waals surface area contributed by atoms with Crippen LogP contribution < -0.4 is 0 Å². The first-order valence-electron chi connectivity index (χ1n) is 9.97. The summed E-state index contributed by atoms with van der Waals surface area (Å²) in [7, 11) is 0. The number of Topliss-reactive ketones (excluding diaryl/α,β-unsaturated/α-hetero) is 3. The van der Waals surface area contributed by atoms with E-state index in [0.29, 0.717) is 0 Å². The van der Waals surface area contributed by atoms with Gasteiger partial charge in [0, 0.05) is 17.8 Å². The molecule has 0 aliphatic heterocycles. The Morgan fingerprint density at radius 2 is 1.90 bits per heavy atom. The fourth-order valence-corrected chi connectivity index (χ4v) is 7.34. The monoisotopic (exact) mass is 488 g/mol. The van der Waals surface area contributed by atoms with Gasteiger partial charge in [-0.2, -0.15) is 0 Å². The number of aliphatic hydroxyl groups is 2. The van der Waals surface area contributed by atoms with Crippen LogP contribution in [0.5, 0.6) is 0 Å². The molecule has 0 amide bonds. The van der Waals surface area contributed by atoms with Crippen LogP contribution in [0.25, 0.3) is 0 Å². The lowest BCUT2D eigenvalue weighted by molar-refractivity contribution is -0.193. The Labute approximate surface area is 180 Å². The molecule has 2 unspecified atom stereocenters. The lowest BCUT2D eigenvalue weighted by Gasteiger charge is -2.60. The summed E-state index contributed by atoms with van der Waals surface area (Å²) in [6, 6.07) is 0. The molecular formula is C21H23BrF2O6. The highest BCUT2D eigenvalue weighted by Gasteiger charge is 2.78. The van der Waals surface area contributed by atoms with Gasteiger partial charge in [0.1, 0.15) is 23.2 Å². The van der Waals surface area contributed by atoms with Gasteiger partial charge >= 0.3 is 0 Å². The average molecular weight is 489 g/mol. The van der Waals surface area contributed by atoms with Crippen molar-refractivity contribution in [3.8, 4) is 0 Å². The summed E-state index contributed by atoms with van der Waals surface area (Å²) in [5.41, 5.74) is -8.65. The SMILES string of the molecule is C[C@]12C(=O)C(Br)C(=O)C=C1C(F)C[C@H]1[C@@H]3CC[C@](O)(C(=O)CO)[C@@]3(C)CC(=O)[C@@]12F. The van der Waals surface area contributed by atoms with Crippen LogP contribution >= 0.6 is 15.9 Å². The highest BCUT2D eigenvalue weighted by Crippen LogP contribution is 2.69. The van der Waals surface area contributed by atoms with Gasteiger partial charge in [-0.15, -0.1) is 0 Å². The van der Waals surface area contributed by atoms with E-state index >= 15 is 8.78 Å². The maximum Gasteiger partial charge on any atom is 0.190 e. The molecular weight excluding hydrogens is 466 g/mol. The molecule has 4 rings (SSSR count). The third-order valence-corrected chi connectivity index (χ3v) is 9.36. The second kappa shape index (κ2) is 6.36. The molecule has 0 spiro atoms. The van der Waals surface area contributed by atoms with E-state index in [2.05, 4.69) is 15.9 Å². The molecule has 4 aliphatic rings. The lowest BCUT2D eigenvalue weighted by Crippen LogP contribution is -2.72. The van der Waals surface area contributed by atoms with Gasteiger partial charge in [-0.3, -0.25) is 19.2 Å². The molecule has 0 heterocycles. The van der Waals surface area contributed by atoms with Crippen LogP contribution in [-0.2, 0) is 19.2 Å². The molecule has 0 saturated heterocycles. The van der Waals surface area contributed by atoms with Crippen molar-refractivity contribution in [2.45, 2.75) is 61.8 Å². The molecule has 9 heteroatoms. The first-order valence-corrected chi connectivity index (χ1v) is 10.9. The standard InChI is InChI=1S/C21H23BrF2O6/c1-18-7-14(27)21(24)10(9(18)3-4-20(18,30)15(28)8-25)5-12(23)11-6-13(26)16(22)17(29)19(11,21)2/h6,9-10,12,16,25,30H,3-5,7-8H2,1-2H3/t9-,10-,12?,16?,18-,19+,20-,21-/m0/s1. The summed E-state index contributed by atoms with van der Waals surface area (Å²) in [6.07, 6.45) is -1.77. The van der Waals surface area contributed by atoms with Gasteiger partial charge < -0.3 is 10.2 Å². The normalized spacial score (nSPS) is 50.5. The number of ketones is 4. The number of hydrogen-bond acceptors (Lipinski definition) is 6. The molecule has 3 saturated carbocycles. The lowest BCUT2D eigenvalue weighted by atomic mass is 9.43. The molecule has 0 aromatic rings. The van der Waals surface area contributed by atoms with Gasteiger partial charge in [-0.1, -0.05) is 22.9 Å². The summed E-state index contributed by atoms with van der Waals surface area (Å²) in [6.45, 7) is 1.75. The van der Waals surface area contributed by atoms with Crippen molar-refractivity contribution in [2.24, 2.45) is 22.7 Å². The van der Waals surface area contributed by atoms with Crippen LogP contribution in [0.15, 0.2) is 11.6 Å². The molecule has 4 aliphatic carbocycles. The number of fused-ring (bicyclic) bond motifs is 5. The minimum absolute atomic E-state index is 0.0860. The van der Waals surface area contributed by atoms with Crippen molar-refractivity contribution in [2.75, 3.05) is 6.61 Å². The Hall–Kier alpha value is -1.32. The van der Waals surface area contributed by atoms with Crippen LogP contribution in [0.2, 0.25) is 0 Å². The molecule has 0 aromatic carbocycles. The van der Waals surface area contributed by atoms with E-state index in [0.717, 1.165) is 6.08 Å². The molecule has 30 heavy (non-hydrogen) atoms. The van der Waals surface area contributed by atoms with Gasteiger partial charge in [0.15, 0.2) is 28.8 Å². The zero-order valence-corrected chi connectivity index (χ0v) is 18.2. The van der Waals surface area contributed by atoms with E-state index in [9.17, 15) is 29.4 Å². The fraction of sp³-hybridized carbons (Fsp3) is 0.714. The van der Waals surface area contributed by atoms with Gasteiger partial charge in [0.05, 0.1) is 5.41 Å². The summed E-state index contributed by atoms with van der Waals surface area (Å²) < 4.78 is 32.1. The van der Waals surface area contributed by atoms with E-state index in [-0.39, 0.29) is 18.4 Å². The van der Waals surface area contributed by atoms with Crippen LogP contribution in [0.3, 0.4) is 0 Å².